The molecule has 21 heavy (non-hydrogen) atoms. The lowest BCUT2D eigenvalue weighted by atomic mass is 10.2. The van der Waals surface area contributed by atoms with Crippen LogP contribution in [0.1, 0.15) is 12.8 Å². The summed E-state index contributed by atoms with van der Waals surface area (Å²) >= 11 is 0. The largest absolute Gasteiger partial charge is 0.486 e. The lowest BCUT2D eigenvalue weighted by Gasteiger charge is -2.23. The molecule has 1 aromatic rings. The summed E-state index contributed by atoms with van der Waals surface area (Å²) in [7, 11) is -3.85. The second-order valence-corrected chi connectivity index (χ2v) is 6.81. The molecule has 1 unspecified atom stereocenters. The van der Waals surface area contributed by atoms with Crippen molar-refractivity contribution in [3.05, 3.63) is 18.2 Å². The molecule has 0 saturated carbocycles. The van der Waals surface area contributed by atoms with Crippen molar-refractivity contribution in [2.24, 2.45) is 0 Å². The van der Waals surface area contributed by atoms with Crippen molar-refractivity contribution in [3.8, 4) is 11.5 Å². The number of aliphatic carboxylic acids is 1. The van der Waals surface area contributed by atoms with Crippen LogP contribution in [0.2, 0.25) is 0 Å². The number of carboxylic acids is 1. The van der Waals surface area contributed by atoms with Crippen molar-refractivity contribution in [1.82, 2.24) is 4.31 Å². The maximum absolute atomic E-state index is 12.6. The van der Waals surface area contributed by atoms with Gasteiger partial charge in [-0.25, -0.2) is 8.42 Å². The SMILES string of the molecule is O=C(O)C1CCCN1S(=O)(=O)c1ccc2c(c1)OCCO2. The number of rotatable bonds is 3. The van der Waals surface area contributed by atoms with Crippen molar-refractivity contribution >= 4 is 16.0 Å². The molecule has 0 spiro atoms. The van der Waals surface area contributed by atoms with E-state index >= 15 is 0 Å². The van der Waals surface area contributed by atoms with E-state index in [0.29, 0.717) is 37.6 Å². The molecule has 0 aliphatic carbocycles. The van der Waals surface area contributed by atoms with Crippen LogP contribution >= 0.6 is 0 Å². The number of fused-ring (bicyclic) bond motifs is 1. The minimum absolute atomic E-state index is 0.0277. The Morgan fingerprint density at radius 1 is 1.24 bits per heavy atom. The van der Waals surface area contributed by atoms with E-state index in [1.54, 1.807) is 0 Å². The zero-order valence-corrected chi connectivity index (χ0v) is 12.0. The third-order valence-corrected chi connectivity index (χ3v) is 5.51. The Kier molecular flexibility index (Phi) is 3.50. The standard InChI is InChI=1S/C13H15NO6S/c15-13(16)10-2-1-5-14(10)21(17,18)9-3-4-11-12(8-9)20-7-6-19-11/h3-4,8,10H,1-2,5-7H2,(H,15,16). The highest BCUT2D eigenvalue weighted by Gasteiger charge is 2.39. The molecule has 7 nitrogen and oxygen atoms in total. The number of sulfonamides is 1. The molecule has 0 bridgehead atoms. The lowest BCUT2D eigenvalue weighted by molar-refractivity contribution is -0.140. The molecule has 2 aliphatic rings. The number of hydrogen-bond acceptors (Lipinski definition) is 5. The zero-order valence-electron chi connectivity index (χ0n) is 11.2. The van der Waals surface area contributed by atoms with Gasteiger partial charge in [0.1, 0.15) is 19.3 Å². The summed E-state index contributed by atoms with van der Waals surface area (Å²) in [6.45, 7) is 0.998. The number of carboxylic acid groups (broad SMARTS) is 1. The molecular formula is C13H15NO6S. The predicted molar refractivity (Wildman–Crippen MR) is 72.0 cm³/mol. The maximum Gasteiger partial charge on any atom is 0.322 e. The molecule has 1 atom stereocenters. The molecule has 3 rings (SSSR count). The van der Waals surface area contributed by atoms with Crippen LogP contribution in [0.15, 0.2) is 23.1 Å². The first-order valence-corrected chi connectivity index (χ1v) is 8.08. The maximum atomic E-state index is 12.6. The Morgan fingerprint density at radius 3 is 2.67 bits per heavy atom. The van der Waals surface area contributed by atoms with E-state index in [-0.39, 0.29) is 11.4 Å². The molecule has 1 fully saturated rings. The van der Waals surface area contributed by atoms with Crippen LogP contribution in [0.3, 0.4) is 0 Å². The molecular weight excluding hydrogens is 298 g/mol. The van der Waals surface area contributed by atoms with E-state index in [1.807, 2.05) is 0 Å². The van der Waals surface area contributed by atoms with Crippen molar-refractivity contribution in [2.75, 3.05) is 19.8 Å². The van der Waals surface area contributed by atoms with Gasteiger partial charge in [-0.15, -0.1) is 0 Å². The molecule has 114 valence electrons. The normalized spacial score (nSPS) is 22.2. The summed E-state index contributed by atoms with van der Waals surface area (Å²) in [6, 6.07) is 3.34. The van der Waals surface area contributed by atoms with Crippen molar-refractivity contribution in [2.45, 2.75) is 23.8 Å². The van der Waals surface area contributed by atoms with Gasteiger partial charge in [0.2, 0.25) is 10.0 Å². The molecule has 1 saturated heterocycles. The first kappa shape index (κ1) is 14.2. The third kappa shape index (κ3) is 2.44. The van der Waals surface area contributed by atoms with Crippen molar-refractivity contribution in [1.29, 1.82) is 0 Å². The molecule has 1 N–H and O–H groups in total. The summed E-state index contributed by atoms with van der Waals surface area (Å²) < 4.78 is 37.0. The van der Waals surface area contributed by atoms with Gasteiger partial charge in [0, 0.05) is 12.6 Å². The zero-order chi connectivity index (χ0) is 15.0. The van der Waals surface area contributed by atoms with Crippen LogP contribution in [0.25, 0.3) is 0 Å². The minimum Gasteiger partial charge on any atom is -0.486 e. The van der Waals surface area contributed by atoms with Gasteiger partial charge in [-0.3, -0.25) is 4.79 Å². The molecule has 2 heterocycles. The van der Waals surface area contributed by atoms with Gasteiger partial charge < -0.3 is 14.6 Å². The summed E-state index contributed by atoms with van der Waals surface area (Å²) in [5.74, 6) is -0.251. The summed E-state index contributed by atoms with van der Waals surface area (Å²) in [5.41, 5.74) is 0. The Bertz CT molecular complexity index is 671. The average Bonchev–Trinajstić information content (AvgIpc) is 2.97. The number of ether oxygens (including phenoxy) is 2. The average molecular weight is 313 g/mol. The van der Waals surface area contributed by atoms with Crippen LogP contribution in [0.5, 0.6) is 11.5 Å². The fourth-order valence-corrected chi connectivity index (χ4v) is 4.26. The van der Waals surface area contributed by atoms with Gasteiger partial charge >= 0.3 is 5.97 Å². The van der Waals surface area contributed by atoms with Crippen molar-refractivity contribution in [3.63, 3.8) is 0 Å². The molecule has 2 aliphatic heterocycles. The van der Waals surface area contributed by atoms with Crippen LogP contribution in [0, 0.1) is 0 Å². The first-order chi connectivity index (χ1) is 10.00. The van der Waals surface area contributed by atoms with E-state index in [2.05, 4.69) is 0 Å². The molecule has 0 radical (unpaired) electrons. The Labute approximate surface area is 122 Å². The summed E-state index contributed by atoms with van der Waals surface area (Å²) in [4.78, 5) is 11.2. The molecule has 0 aromatic heterocycles. The quantitative estimate of drug-likeness (QED) is 0.883. The van der Waals surface area contributed by atoms with Gasteiger partial charge in [0.15, 0.2) is 11.5 Å². The van der Waals surface area contributed by atoms with Crippen molar-refractivity contribution < 1.29 is 27.8 Å². The Hall–Kier alpha value is -1.80. The highest BCUT2D eigenvalue weighted by atomic mass is 32.2. The molecule has 1 aromatic carbocycles. The Balaban J connectivity index is 1.96. The number of nitrogens with zero attached hydrogens (tertiary/aromatic N) is 1. The van der Waals surface area contributed by atoms with Gasteiger partial charge in [0.05, 0.1) is 4.90 Å². The molecule has 8 heteroatoms. The van der Waals surface area contributed by atoms with Gasteiger partial charge in [0.25, 0.3) is 0 Å². The first-order valence-electron chi connectivity index (χ1n) is 6.64. The highest BCUT2D eigenvalue weighted by molar-refractivity contribution is 7.89. The highest BCUT2D eigenvalue weighted by Crippen LogP contribution is 2.34. The number of benzene rings is 1. The predicted octanol–water partition coefficient (Wildman–Crippen LogP) is 0.696. The number of hydrogen-bond donors (Lipinski definition) is 1. The topological polar surface area (TPSA) is 93.1 Å². The van der Waals surface area contributed by atoms with E-state index in [1.165, 1.54) is 18.2 Å². The fraction of sp³-hybridized carbons (Fsp3) is 0.462. The lowest BCUT2D eigenvalue weighted by Crippen LogP contribution is -2.40. The van der Waals surface area contributed by atoms with E-state index < -0.39 is 22.0 Å². The molecule has 0 amide bonds. The van der Waals surface area contributed by atoms with Crippen LogP contribution in [-0.2, 0) is 14.8 Å². The second-order valence-electron chi connectivity index (χ2n) is 4.92. The minimum atomic E-state index is -3.85. The van der Waals surface area contributed by atoms with Gasteiger partial charge in [-0.2, -0.15) is 4.31 Å². The smallest absolute Gasteiger partial charge is 0.322 e. The van der Waals surface area contributed by atoms with Crippen LogP contribution < -0.4 is 9.47 Å². The van der Waals surface area contributed by atoms with E-state index in [4.69, 9.17) is 14.6 Å². The van der Waals surface area contributed by atoms with Crippen LogP contribution in [-0.4, -0.2) is 49.6 Å². The monoisotopic (exact) mass is 313 g/mol. The van der Waals surface area contributed by atoms with E-state index in [9.17, 15) is 13.2 Å². The van der Waals surface area contributed by atoms with Gasteiger partial charge in [-0.05, 0) is 25.0 Å². The summed E-state index contributed by atoms with van der Waals surface area (Å²) in [6.07, 6.45) is 0.875. The van der Waals surface area contributed by atoms with Gasteiger partial charge in [-0.1, -0.05) is 0 Å². The number of carbonyl (C=O) groups is 1. The Morgan fingerprint density at radius 2 is 1.95 bits per heavy atom. The summed E-state index contributed by atoms with van der Waals surface area (Å²) in [5, 5.41) is 9.14. The second kappa shape index (κ2) is 5.19. The fourth-order valence-electron chi connectivity index (χ4n) is 2.59. The van der Waals surface area contributed by atoms with Crippen LogP contribution in [0.4, 0.5) is 0 Å². The van der Waals surface area contributed by atoms with E-state index in [0.717, 1.165) is 4.31 Å². The third-order valence-electron chi connectivity index (χ3n) is 3.61.